The van der Waals surface area contributed by atoms with Gasteiger partial charge in [-0.25, -0.2) is 0 Å². The molecule has 2 nitrogen and oxygen atoms in total. The molecule has 0 aliphatic heterocycles. The highest BCUT2D eigenvalue weighted by atomic mass is 14.9. The fourth-order valence-corrected chi connectivity index (χ4v) is 0.943. The summed E-state index contributed by atoms with van der Waals surface area (Å²) < 4.78 is 0. The van der Waals surface area contributed by atoms with Gasteiger partial charge >= 0.3 is 0 Å². The molecule has 0 amide bonds. The van der Waals surface area contributed by atoms with Gasteiger partial charge in [-0.3, -0.25) is 4.98 Å². The number of pyridine rings is 1. The minimum atomic E-state index is 0.901. The van der Waals surface area contributed by atoms with Crippen LogP contribution >= 0.6 is 0 Å². The number of nitrogens with zero attached hydrogens (tertiary/aromatic N) is 1. The number of rotatable bonds is 2. The van der Waals surface area contributed by atoms with Crippen molar-refractivity contribution in [3.05, 3.63) is 30.1 Å². The lowest BCUT2D eigenvalue weighted by Crippen LogP contribution is -1.94. The summed E-state index contributed by atoms with van der Waals surface area (Å²) in [6.45, 7) is 9.68. The first-order valence-corrected chi connectivity index (χ1v) is 4.54. The molecule has 2 heteroatoms. The Morgan fingerprint density at radius 2 is 2.08 bits per heavy atom. The molecule has 0 saturated carbocycles. The minimum Gasteiger partial charge on any atom is -0.386 e. The van der Waals surface area contributed by atoms with Crippen LogP contribution in [-0.4, -0.2) is 12.0 Å². The van der Waals surface area contributed by atoms with Crippen molar-refractivity contribution in [2.75, 3.05) is 12.4 Å². The van der Waals surface area contributed by atoms with Crippen LogP contribution in [0.1, 0.15) is 25.1 Å². The molecule has 72 valence electrons. The standard InChI is InChI=1S/C9H12N2.C2H6/c1-4-8-9(10-3)5-7(2)6-11-8;1-2/h4-6,10H,1H2,2-3H3;1-2H3. The van der Waals surface area contributed by atoms with Gasteiger partial charge in [-0.1, -0.05) is 20.4 Å². The minimum absolute atomic E-state index is 0.901. The van der Waals surface area contributed by atoms with Crippen molar-refractivity contribution in [1.82, 2.24) is 4.98 Å². The van der Waals surface area contributed by atoms with Crippen LogP contribution in [0.15, 0.2) is 18.8 Å². The maximum absolute atomic E-state index is 4.19. The van der Waals surface area contributed by atoms with E-state index in [9.17, 15) is 0 Å². The lowest BCUT2D eigenvalue weighted by atomic mass is 10.2. The fourth-order valence-electron chi connectivity index (χ4n) is 0.943. The molecule has 0 aliphatic rings. The third kappa shape index (κ3) is 3.28. The van der Waals surface area contributed by atoms with Gasteiger partial charge in [0.05, 0.1) is 11.4 Å². The lowest BCUT2D eigenvalue weighted by molar-refractivity contribution is 1.23. The lowest BCUT2D eigenvalue weighted by Gasteiger charge is -2.04. The van der Waals surface area contributed by atoms with Crippen molar-refractivity contribution in [1.29, 1.82) is 0 Å². The molecule has 1 aromatic rings. The van der Waals surface area contributed by atoms with Crippen molar-refractivity contribution in [2.45, 2.75) is 20.8 Å². The molecule has 1 heterocycles. The summed E-state index contributed by atoms with van der Waals surface area (Å²) in [6, 6.07) is 2.05. The van der Waals surface area contributed by atoms with Crippen LogP contribution in [0.25, 0.3) is 6.08 Å². The van der Waals surface area contributed by atoms with Crippen molar-refractivity contribution in [3.63, 3.8) is 0 Å². The predicted octanol–water partition coefficient (Wildman–Crippen LogP) is 3.10. The van der Waals surface area contributed by atoms with Crippen LogP contribution in [0.5, 0.6) is 0 Å². The van der Waals surface area contributed by atoms with Gasteiger partial charge in [0, 0.05) is 13.2 Å². The zero-order valence-electron chi connectivity index (χ0n) is 8.89. The second kappa shape index (κ2) is 6.23. The third-order valence-corrected chi connectivity index (χ3v) is 1.52. The molecule has 1 rings (SSSR count). The summed E-state index contributed by atoms with van der Waals surface area (Å²) in [6.07, 6.45) is 3.57. The van der Waals surface area contributed by atoms with Crippen molar-refractivity contribution in [3.8, 4) is 0 Å². The average molecular weight is 178 g/mol. The van der Waals surface area contributed by atoms with Gasteiger partial charge < -0.3 is 5.32 Å². The molecule has 0 fully saturated rings. The van der Waals surface area contributed by atoms with E-state index in [4.69, 9.17) is 0 Å². The van der Waals surface area contributed by atoms with Crippen LogP contribution < -0.4 is 5.32 Å². The number of hydrogen-bond donors (Lipinski definition) is 1. The van der Waals surface area contributed by atoms with Crippen LogP contribution in [-0.2, 0) is 0 Å². The quantitative estimate of drug-likeness (QED) is 0.752. The summed E-state index contributed by atoms with van der Waals surface area (Å²) in [5.41, 5.74) is 3.08. The Kier molecular flexibility index (Phi) is 5.60. The maximum atomic E-state index is 4.19. The smallest absolute Gasteiger partial charge is 0.0855 e. The molecule has 0 radical (unpaired) electrons. The number of aryl methyl sites for hydroxylation is 1. The number of nitrogens with one attached hydrogen (secondary N) is 1. The van der Waals surface area contributed by atoms with Crippen LogP contribution in [0.3, 0.4) is 0 Å². The number of anilines is 1. The Morgan fingerprint density at radius 1 is 1.46 bits per heavy atom. The zero-order valence-corrected chi connectivity index (χ0v) is 8.89. The monoisotopic (exact) mass is 178 g/mol. The molecule has 13 heavy (non-hydrogen) atoms. The first kappa shape index (κ1) is 11.7. The van der Waals surface area contributed by atoms with Gasteiger partial charge in [0.2, 0.25) is 0 Å². The Hall–Kier alpha value is -1.31. The SMILES string of the molecule is C=Cc1ncc(C)cc1NC.CC. The first-order valence-electron chi connectivity index (χ1n) is 4.54. The molecule has 0 saturated heterocycles. The van der Waals surface area contributed by atoms with Gasteiger partial charge in [0.15, 0.2) is 0 Å². The van der Waals surface area contributed by atoms with Gasteiger partial charge in [-0.15, -0.1) is 0 Å². The fraction of sp³-hybridized carbons (Fsp3) is 0.364. The molecule has 0 unspecified atom stereocenters. The van der Waals surface area contributed by atoms with E-state index in [2.05, 4.69) is 16.9 Å². The molecule has 1 aromatic heterocycles. The zero-order chi connectivity index (χ0) is 10.3. The van der Waals surface area contributed by atoms with Gasteiger partial charge in [-0.05, 0) is 24.6 Å². The third-order valence-electron chi connectivity index (χ3n) is 1.52. The highest BCUT2D eigenvalue weighted by Crippen LogP contribution is 2.14. The number of aromatic nitrogens is 1. The van der Waals surface area contributed by atoms with Gasteiger partial charge in [-0.2, -0.15) is 0 Å². The Balaban J connectivity index is 0.000000671. The Morgan fingerprint density at radius 3 is 2.54 bits per heavy atom. The highest BCUT2D eigenvalue weighted by Gasteiger charge is 1.96. The molecular weight excluding hydrogens is 160 g/mol. The second-order valence-electron chi connectivity index (χ2n) is 2.40. The largest absolute Gasteiger partial charge is 0.386 e. The van der Waals surface area contributed by atoms with E-state index < -0.39 is 0 Å². The molecule has 0 aromatic carbocycles. The molecule has 0 aliphatic carbocycles. The molecule has 1 N–H and O–H groups in total. The average Bonchev–Trinajstić information content (AvgIpc) is 2.20. The summed E-state index contributed by atoms with van der Waals surface area (Å²) in [7, 11) is 1.88. The van der Waals surface area contributed by atoms with E-state index in [1.165, 1.54) is 0 Å². The van der Waals surface area contributed by atoms with Crippen LogP contribution in [0, 0.1) is 6.92 Å². The maximum Gasteiger partial charge on any atom is 0.0855 e. The summed E-state index contributed by atoms with van der Waals surface area (Å²) in [4.78, 5) is 4.19. The molecule has 0 spiro atoms. The van der Waals surface area contributed by atoms with E-state index in [1.54, 1.807) is 6.08 Å². The predicted molar refractivity (Wildman–Crippen MR) is 60.0 cm³/mol. The van der Waals surface area contributed by atoms with Crippen LogP contribution in [0.2, 0.25) is 0 Å². The summed E-state index contributed by atoms with van der Waals surface area (Å²) in [5, 5.41) is 3.05. The topological polar surface area (TPSA) is 24.9 Å². The van der Waals surface area contributed by atoms with Crippen molar-refractivity contribution < 1.29 is 0 Å². The van der Waals surface area contributed by atoms with Crippen LogP contribution in [0.4, 0.5) is 5.69 Å². The van der Waals surface area contributed by atoms with E-state index in [1.807, 2.05) is 40.1 Å². The Bertz CT molecular complexity index is 267. The number of hydrogen-bond acceptors (Lipinski definition) is 2. The van der Waals surface area contributed by atoms with Crippen molar-refractivity contribution >= 4 is 11.8 Å². The van der Waals surface area contributed by atoms with Gasteiger partial charge in [0.25, 0.3) is 0 Å². The second-order valence-corrected chi connectivity index (χ2v) is 2.40. The highest BCUT2D eigenvalue weighted by molar-refractivity contribution is 5.62. The summed E-state index contributed by atoms with van der Waals surface area (Å²) >= 11 is 0. The molecular formula is C11H18N2. The van der Waals surface area contributed by atoms with E-state index in [-0.39, 0.29) is 0 Å². The van der Waals surface area contributed by atoms with Gasteiger partial charge in [0.1, 0.15) is 0 Å². The summed E-state index contributed by atoms with van der Waals surface area (Å²) in [5.74, 6) is 0. The molecule has 0 bridgehead atoms. The van der Waals surface area contributed by atoms with Crippen molar-refractivity contribution in [2.24, 2.45) is 0 Å². The molecule has 0 atom stereocenters. The van der Waals surface area contributed by atoms with E-state index >= 15 is 0 Å². The van der Waals surface area contributed by atoms with E-state index in [0.717, 1.165) is 16.9 Å². The Labute approximate surface area is 80.7 Å². The van der Waals surface area contributed by atoms with E-state index in [0.29, 0.717) is 0 Å². The first-order chi connectivity index (χ1) is 6.27. The normalized spacial score (nSPS) is 8.31.